The molecule has 92 valence electrons. The number of fused-ring (bicyclic) bond motifs is 1. The largest absolute Gasteiger partial charge is 0.320 e. The molecule has 17 heavy (non-hydrogen) atoms. The van der Waals surface area contributed by atoms with Crippen LogP contribution in [0.1, 0.15) is 32.1 Å². The van der Waals surface area contributed by atoms with E-state index in [0.717, 1.165) is 36.4 Å². The lowest BCUT2D eigenvalue weighted by Gasteiger charge is -2.12. The highest BCUT2D eigenvalue weighted by molar-refractivity contribution is 5.71. The number of pyridine rings is 1. The number of rotatable bonds is 5. The van der Waals surface area contributed by atoms with E-state index in [1.807, 2.05) is 25.4 Å². The van der Waals surface area contributed by atoms with Crippen LogP contribution in [0, 0.1) is 0 Å². The quantitative estimate of drug-likeness (QED) is 0.803. The Morgan fingerprint density at radius 1 is 1.41 bits per heavy atom. The number of hydrogen-bond donors (Lipinski definition) is 1. The lowest BCUT2D eigenvalue weighted by Crippen LogP contribution is -2.12. The van der Waals surface area contributed by atoms with Gasteiger partial charge in [0, 0.05) is 18.7 Å². The fraction of sp³-hybridized carbons (Fsp3) is 0.538. The van der Waals surface area contributed by atoms with E-state index < -0.39 is 0 Å². The summed E-state index contributed by atoms with van der Waals surface area (Å²) in [5.41, 5.74) is 2.00. The van der Waals surface area contributed by atoms with Gasteiger partial charge in [0.1, 0.15) is 11.3 Å². The minimum absolute atomic E-state index is 0.402. The first-order chi connectivity index (χ1) is 8.24. The third-order valence-corrected chi connectivity index (χ3v) is 2.87. The van der Waals surface area contributed by atoms with E-state index in [4.69, 9.17) is 0 Å². The normalized spacial score (nSPS) is 11.5. The van der Waals surface area contributed by atoms with Crippen LogP contribution in [0.4, 0.5) is 0 Å². The number of aromatic nitrogens is 3. The molecule has 0 aliphatic heterocycles. The molecule has 0 bridgehead atoms. The van der Waals surface area contributed by atoms with E-state index in [9.17, 15) is 0 Å². The number of imidazole rings is 1. The Morgan fingerprint density at radius 3 is 2.94 bits per heavy atom. The van der Waals surface area contributed by atoms with Gasteiger partial charge in [-0.25, -0.2) is 9.97 Å². The zero-order valence-electron chi connectivity index (χ0n) is 10.8. The van der Waals surface area contributed by atoms with E-state index in [2.05, 4.69) is 33.7 Å². The summed E-state index contributed by atoms with van der Waals surface area (Å²) in [7, 11) is 1.98. The predicted octanol–water partition coefficient (Wildman–Crippen LogP) is 2.16. The van der Waals surface area contributed by atoms with Crippen molar-refractivity contribution in [2.24, 2.45) is 0 Å². The van der Waals surface area contributed by atoms with Gasteiger partial charge in [0.25, 0.3) is 0 Å². The summed E-state index contributed by atoms with van der Waals surface area (Å²) < 4.78 is 2.24. The molecule has 0 saturated carbocycles. The SMILES string of the molecule is CNCCCc1nc2cccnc2n1C(C)C. The van der Waals surface area contributed by atoms with E-state index in [-0.39, 0.29) is 0 Å². The van der Waals surface area contributed by atoms with E-state index in [1.165, 1.54) is 0 Å². The molecule has 2 aromatic rings. The second-order valence-electron chi connectivity index (χ2n) is 4.55. The van der Waals surface area contributed by atoms with Gasteiger partial charge in [-0.1, -0.05) is 0 Å². The molecule has 2 aromatic heterocycles. The smallest absolute Gasteiger partial charge is 0.160 e. The summed E-state index contributed by atoms with van der Waals surface area (Å²) in [4.78, 5) is 9.11. The predicted molar refractivity (Wildman–Crippen MR) is 70.2 cm³/mol. The van der Waals surface area contributed by atoms with Gasteiger partial charge in [-0.15, -0.1) is 0 Å². The van der Waals surface area contributed by atoms with Gasteiger partial charge in [0.2, 0.25) is 0 Å². The summed E-state index contributed by atoms with van der Waals surface area (Å²) in [5, 5.41) is 3.17. The molecule has 2 rings (SSSR count). The summed E-state index contributed by atoms with van der Waals surface area (Å²) in [6.07, 6.45) is 3.93. The molecule has 0 fully saturated rings. The zero-order chi connectivity index (χ0) is 12.3. The second kappa shape index (κ2) is 5.27. The second-order valence-corrected chi connectivity index (χ2v) is 4.55. The Balaban J connectivity index is 2.36. The number of nitrogens with zero attached hydrogens (tertiary/aromatic N) is 3. The maximum Gasteiger partial charge on any atom is 0.160 e. The molecule has 4 nitrogen and oxygen atoms in total. The number of nitrogens with one attached hydrogen (secondary N) is 1. The summed E-state index contributed by atoms with van der Waals surface area (Å²) in [6, 6.07) is 4.37. The Morgan fingerprint density at radius 2 is 2.24 bits per heavy atom. The molecule has 2 heterocycles. The van der Waals surface area contributed by atoms with E-state index >= 15 is 0 Å². The fourth-order valence-corrected chi connectivity index (χ4v) is 2.12. The first-order valence-electron chi connectivity index (χ1n) is 6.20. The molecule has 0 unspecified atom stereocenters. The van der Waals surface area contributed by atoms with Crippen molar-refractivity contribution >= 4 is 11.2 Å². The first-order valence-corrected chi connectivity index (χ1v) is 6.20. The van der Waals surface area contributed by atoms with Crippen molar-refractivity contribution in [1.29, 1.82) is 0 Å². The molecule has 0 atom stereocenters. The van der Waals surface area contributed by atoms with Crippen LogP contribution in [0.2, 0.25) is 0 Å². The Labute approximate surface area is 102 Å². The van der Waals surface area contributed by atoms with Crippen molar-refractivity contribution in [2.45, 2.75) is 32.7 Å². The lowest BCUT2D eigenvalue weighted by molar-refractivity contribution is 0.568. The molecular weight excluding hydrogens is 212 g/mol. The standard InChI is InChI=1S/C13H20N4/c1-10(2)17-12(7-5-8-14-3)16-11-6-4-9-15-13(11)17/h4,6,9-10,14H,5,7-8H2,1-3H3. The van der Waals surface area contributed by atoms with E-state index in [0.29, 0.717) is 6.04 Å². The van der Waals surface area contributed by atoms with Crippen LogP contribution < -0.4 is 5.32 Å². The van der Waals surface area contributed by atoms with Crippen molar-refractivity contribution in [3.8, 4) is 0 Å². The van der Waals surface area contributed by atoms with Crippen molar-refractivity contribution in [1.82, 2.24) is 19.9 Å². The van der Waals surface area contributed by atoms with Crippen LogP contribution in [-0.2, 0) is 6.42 Å². The van der Waals surface area contributed by atoms with Crippen LogP contribution in [0.15, 0.2) is 18.3 Å². The highest BCUT2D eigenvalue weighted by Crippen LogP contribution is 2.19. The van der Waals surface area contributed by atoms with Gasteiger partial charge in [-0.2, -0.15) is 0 Å². The van der Waals surface area contributed by atoms with Gasteiger partial charge in [-0.3, -0.25) is 0 Å². The Kier molecular flexibility index (Phi) is 3.74. The van der Waals surface area contributed by atoms with Crippen molar-refractivity contribution in [3.63, 3.8) is 0 Å². The molecule has 0 amide bonds. The fourth-order valence-electron chi connectivity index (χ4n) is 2.12. The lowest BCUT2D eigenvalue weighted by atomic mass is 10.2. The summed E-state index contributed by atoms with van der Waals surface area (Å²) >= 11 is 0. The minimum Gasteiger partial charge on any atom is -0.320 e. The zero-order valence-corrected chi connectivity index (χ0v) is 10.8. The van der Waals surface area contributed by atoms with Crippen LogP contribution in [0.25, 0.3) is 11.2 Å². The van der Waals surface area contributed by atoms with Crippen LogP contribution in [0.5, 0.6) is 0 Å². The molecule has 0 aromatic carbocycles. The average Bonchev–Trinajstić information content (AvgIpc) is 2.67. The molecular formula is C13H20N4. The monoisotopic (exact) mass is 232 g/mol. The van der Waals surface area contributed by atoms with Crippen LogP contribution >= 0.6 is 0 Å². The van der Waals surface area contributed by atoms with Gasteiger partial charge in [-0.05, 0) is 46.0 Å². The molecule has 0 aliphatic carbocycles. The number of hydrogen-bond acceptors (Lipinski definition) is 3. The molecule has 0 spiro atoms. The van der Waals surface area contributed by atoms with E-state index in [1.54, 1.807) is 0 Å². The van der Waals surface area contributed by atoms with Gasteiger partial charge in [0.05, 0.1) is 0 Å². The summed E-state index contributed by atoms with van der Waals surface area (Å²) in [6.45, 7) is 5.38. The van der Waals surface area contributed by atoms with Crippen molar-refractivity contribution in [2.75, 3.05) is 13.6 Å². The van der Waals surface area contributed by atoms with Gasteiger partial charge in [0.15, 0.2) is 5.65 Å². The van der Waals surface area contributed by atoms with Crippen molar-refractivity contribution in [3.05, 3.63) is 24.2 Å². The molecule has 1 N–H and O–H groups in total. The first kappa shape index (κ1) is 12.0. The average molecular weight is 232 g/mol. The molecule has 0 saturated heterocycles. The Bertz CT molecular complexity index is 487. The van der Waals surface area contributed by atoms with Crippen LogP contribution in [0.3, 0.4) is 0 Å². The maximum absolute atomic E-state index is 4.68. The third-order valence-electron chi connectivity index (χ3n) is 2.87. The number of aryl methyl sites for hydroxylation is 1. The van der Waals surface area contributed by atoms with Gasteiger partial charge < -0.3 is 9.88 Å². The van der Waals surface area contributed by atoms with Crippen molar-refractivity contribution < 1.29 is 0 Å². The third kappa shape index (κ3) is 2.47. The van der Waals surface area contributed by atoms with Gasteiger partial charge >= 0.3 is 0 Å². The Hall–Kier alpha value is -1.42. The molecule has 0 aliphatic rings. The molecule has 4 heteroatoms. The van der Waals surface area contributed by atoms with Crippen LogP contribution in [-0.4, -0.2) is 28.1 Å². The topological polar surface area (TPSA) is 42.7 Å². The maximum atomic E-state index is 4.68. The molecule has 0 radical (unpaired) electrons. The highest BCUT2D eigenvalue weighted by Gasteiger charge is 2.13. The highest BCUT2D eigenvalue weighted by atomic mass is 15.1. The summed E-state index contributed by atoms with van der Waals surface area (Å²) in [5.74, 6) is 1.14. The minimum atomic E-state index is 0.402.